The van der Waals surface area contributed by atoms with Crippen molar-refractivity contribution in [2.75, 3.05) is 5.32 Å². The molecule has 4 rings (SSSR count). The van der Waals surface area contributed by atoms with Gasteiger partial charge in [-0.1, -0.05) is 12.1 Å². The number of hydrogen-bond donors (Lipinski definition) is 1. The Bertz CT molecular complexity index is 1290. The van der Waals surface area contributed by atoms with Gasteiger partial charge in [0.2, 0.25) is 0 Å². The molecule has 0 saturated heterocycles. The molecule has 0 aliphatic rings. The fourth-order valence-electron chi connectivity index (χ4n) is 2.97. The second-order valence-corrected chi connectivity index (χ2v) is 6.81. The highest BCUT2D eigenvalue weighted by Gasteiger charge is 2.31. The topological polar surface area (TPSA) is 103 Å². The lowest BCUT2D eigenvalue weighted by atomic mass is 10.1. The van der Waals surface area contributed by atoms with Gasteiger partial charge >= 0.3 is 6.18 Å². The fraction of sp³-hybridized carbons (Fsp3) is 0.143. The van der Waals surface area contributed by atoms with Crippen LogP contribution in [-0.4, -0.2) is 26.5 Å². The third-order valence-corrected chi connectivity index (χ3v) is 4.45. The maximum absolute atomic E-state index is 13.0. The lowest BCUT2D eigenvalue weighted by Gasteiger charge is -2.08. The minimum absolute atomic E-state index is 0.0669. The molecule has 11 heteroatoms. The molecule has 0 bridgehead atoms. The summed E-state index contributed by atoms with van der Waals surface area (Å²) in [6.07, 6.45) is -0.641. The second kappa shape index (κ2) is 8.17. The number of hydrogen-bond acceptors (Lipinski definition) is 6. The summed E-state index contributed by atoms with van der Waals surface area (Å²) in [5, 5.41) is 6.68. The number of carbonyl (C=O) groups is 2. The Morgan fingerprint density at radius 1 is 1.19 bits per heavy atom. The highest BCUT2D eigenvalue weighted by atomic mass is 19.4. The fourth-order valence-corrected chi connectivity index (χ4v) is 2.97. The van der Waals surface area contributed by atoms with E-state index in [1.165, 1.54) is 36.1 Å². The van der Waals surface area contributed by atoms with Crippen LogP contribution in [0.25, 0.3) is 11.3 Å². The molecular weight excluding hydrogens is 429 g/mol. The average molecular weight is 444 g/mol. The molecule has 3 heterocycles. The summed E-state index contributed by atoms with van der Waals surface area (Å²) < 4.78 is 51.1. The van der Waals surface area contributed by atoms with E-state index in [0.717, 1.165) is 18.5 Å². The molecule has 0 aliphatic carbocycles. The monoisotopic (exact) mass is 444 g/mol. The maximum atomic E-state index is 13.0. The molecule has 0 unspecified atom stereocenters. The number of ketones is 1. The van der Waals surface area contributed by atoms with Crippen molar-refractivity contribution < 1.29 is 31.6 Å². The highest BCUT2D eigenvalue weighted by molar-refractivity contribution is 6.06. The van der Waals surface area contributed by atoms with Gasteiger partial charge in [0.25, 0.3) is 5.91 Å². The van der Waals surface area contributed by atoms with Gasteiger partial charge in [-0.05, 0) is 24.3 Å². The van der Waals surface area contributed by atoms with Crippen molar-refractivity contribution in [3.8, 4) is 11.3 Å². The van der Waals surface area contributed by atoms with Crippen LogP contribution in [0, 0.1) is 0 Å². The van der Waals surface area contributed by atoms with Crippen molar-refractivity contribution in [2.24, 2.45) is 0 Å². The molecule has 1 N–H and O–H groups in total. The van der Waals surface area contributed by atoms with Gasteiger partial charge in [0.05, 0.1) is 24.0 Å². The number of furan rings is 1. The Labute approximate surface area is 178 Å². The summed E-state index contributed by atoms with van der Waals surface area (Å²) in [6.45, 7) is 1.62. The van der Waals surface area contributed by atoms with Crippen LogP contribution in [0.1, 0.15) is 39.3 Å². The van der Waals surface area contributed by atoms with E-state index in [4.69, 9.17) is 8.83 Å². The predicted molar refractivity (Wildman–Crippen MR) is 105 cm³/mol. The third-order valence-electron chi connectivity index (χ3n) is 4.45. The molecule has 0 radical (unpaired) electrons. The molecule has 8 nitrogen and oxygen atoms in total. The summed E-state index contributed by atoms with van der Waals surface area (Å²) in [5.74, 6) is -0.238. The number of halogens is 3. The van der Waals surface area contributed by atoms with Crippen molar-refractivity contribution in [1.82, 2.24) is 14.8 Å². The van der Waals surface area contributed by atoms with Gasteiger partial charge in [-0.3, -0.25) is 14.3 Å². The van der Waals surface area contributed by atoms with Crippen LogP contribution in [0.2, 0.25) is 0 Å². The van der Waals surface area contributed by atoms with Gasteiger partial charge in [-0.2, -0.15) is 18.3 Å². The van der Waals surface area contributed by atoms with Crippen molar-refractivity contribution in [3.05, 3.63) is 78.0 Å². The Morgan fingerprint density at radius 3 is 2.72 bits per heavy atom. The smallest absolute Gasteiger partial charge is 0.416 e. The van der Waals surface area contributed by atoms with Crippen LogP contribution in [0.5, 0.6) is 0 Å². The van der Waals surface area contributed by atoms with Crippen LogP contribution < -0.4 is 5.32 Å². The van der Waals surface area contributed by atoms with E-state index in [0.29, 0.717) is 11.4 Å². The molecule has 0 fully saturated rings. The molecule has 0 spiro atoms. The lowest BCUT2D eigenvalue weighted by molar-refractivity contribution is -0.137. The number of benzene rings is 1. The van der Waals surface area contributed by atoms with E-state index < -0.39 is 17.6 Å². The van der Waals surface area contributed by atoms with Crippen LogP contribution in [-0.2, 0) is 12.7 Å². The van der Waals surface area contributed by atoms with E-state index in [2.05, 4.69) is 15.4 Å². The minimum atomic E-state index is -4.54. The van der Waals surface area contributed by atoms with Crippen LogP contribution in [0.3, 0.4) is 0 Å². The number of oxazole rings is 1. The Morgan fingerprint density at radius 2 is 2.00 bits per heavy atom. The zero-order valence-electron chi connectivity index (χ0n) is 16.5. The molecule has 32 heavy (non-hydrogen) atoms. The molecular formula is C21H15F3N4O4. The SMILES string of the molecule is CC(=O)c1ccc(Cn2cc(NC(=O)c3ncoc3-c3cccc(C(F)(F)F)c3)cn2)o1. The first kappa shape index (κ1) is 21.1. The van der Waals surface area contributed by atoms with Crippen molar-refractivity contribution in [3.63, 3.8) is 0 Å². The second-order valence-electron chi connectivity index (χ2n) is 6.81. The highest BCUT2D eigenvalue weighted by Crippen LogP contribution is 2.33. The Kier molecular flexibility index (Phi) is 5.39. The van der Waals surface area contributed by atoms with E-state index in [1.807, 2.05) is 0 Å². The molecule has 164 valence electrons. The molecule has 0 aliphatic heterocycles. The van der Waals surface area contributed by atoms with E-state index >= 15 is 0 Å². The zero-order chi connectivity index (χ0) is 22.9. The quantitative estimate of drug-likeness (QED) is 0.434. The summed E-state index contributed by atoms with van der Waals surface area (Å²) in [7, 11) is 0. The largest absolute Gasteiger partial charge is 0.456 e. The minimum Gasteiger partial charge on any atom is -0.456 e. The summed E-state index contributed by atoms with van der Waals surface area (Å²) in [5.41, 5.74) is -0.650. The van der Waals surface area contributed by atoms with Gasteiger partial charge < -0.3 is 14.2 Å². The van der Waals surface area contributed by atoms with E-state index in [-0.39, 0.29) is 35.1 Å². The van der Waals surface area contributed by atoms with Gasteiger partial charge in [0.15, 0.2) is 29.4 Å². The van der Waals surface area contributed by atoms with Crippen LogP contribution >= 0.6 is 0 Å². The van der Waals surface area contributed by atoms with E-state index in [1.54, 1.807) is 12.1 Å². The van der Waals surface area contributed by atoms with Crippen LogP contribution in [0.4, 0.5) is 18.9 Å². The van der Waals surface area contributed by atoms with E-state index in [9.17, 15) is 22.8 Å². The standard InChI is InChI=1S/C21H15F3N4O4/c1-12(29)17-6-5-16(32-17)10-28-9-15(8-26-28)27-20(30)18-19(31-11-25-18)13-3-2-4-14(7-13)21(22,23)24/h2-9,11H,10H2,1H3,(H,27,30). The average Bonchev–Trinajstić information content (AvgIpc) is 3.48. The Hall–Kier alpha value is -4.15. The number of nitrogens with one attached hydrogen (secondary N) is 1. The summed E-state index contributed by atoms with van der Waals surface area (Å²) >= 11 is 0. The first-order valence-electron chi connectivity index (χ1n) is 9.25. The number of anilines is 1. The summed E-state index contributed by atoms with van der Waals surface area (Å²) in [4.78, 5) is 27.8. The number of carbonyl (C=O) groups excluding carboxylic acids is 2. The molecule has 3 aromatic heterocycles. The Balaban J connectivity index is 1.49. The normalized spacial score (nSPS) is 11.5. The molecule has 1 amide bonds. The number of alkyl halides is 3. The van der Waals surface area contributed by atoms with Crippen molar-refractivity contribution >= 4 is 17.4 Å². The number of aromatic nitrogens is 3. The van der Waals surface area contributed by atoms with Crippen molar-refractivity contribution in [2.45, 2.75) is 19.6 Å². The summed E-state index contributed by atoms with van der Waals surface area (Å²) in [6, 6.07) is 7.62. The molecule has 4 aromatic rings. The predicted octanol–water partition coefficient (Wildman–Crippen LogP) is 4.65. The van der Waals surface area contributed by atoms with Crippen LogP contribution in [0.15, 0.2) is 64.0 Å². The third kappa shape index (κ3) is 4.46. The molecule has 1 aromatic carbocycles. The number of rotatable bonds is 6. The first-order chi connectivity index (χ1) is 15.2. The van der Waals surface area contributed by atoms with Gasteiger partial charge in [0, 0.05) is 18.7 Å². The number of nitrogens with zero attached hydrogens (tertiary/aromatic N) is 3. The molecule has 0 atom stereocenters. The van der Waals surface area contributed by atoms with Gasteiger partial charge in [-0.25, -0.2) is 4.98 Å². The molecule has 0 saturated carbocycles. The van der Waals surface area contributed by atoms with Gasteiger partial charge in [0.1, 0.15) is 5.76 Å². The first-order valence-corrected chi connectivity index (χ1v) is 9.25. The maximum Gasteiger partial charge on any atom is 0.416 e. The number of Topliss-reactive ketones (excluding diaryl/α,β-unsaturated/α-hetero) is 1. The zero-order valence-corrected chi connectivity index (χ0v) is 16.5. The van der Waals surface area contributed by atoms with Crippen molar-refractivity contribution in [1.29, 1.82) is 0 Å². The lowest BCUT2D eigenvalue weighted by Crippen LogP contribution is -2.13. The number of amides is 1. The van der Waals surface area contributed by atoms with Gasteiger partial charge in [-0.15, -0.1) is 0 Å².